The highest BCUT2D eigenvalue weighted by atomic mass is 14.9. The molecule has 0 aromatic carbocycles. The minimum Gasteiger partial charge on any atom is -0.315 e. The Morgan fingerprint density at radius 1 is 1.17 bits per heavy atom. The predicted octanol–water partition coefficient (Wildman–Crippen LogP) is 3.06. The van der Waals surface area contributed by atoms with E-state index in [4.69, 9.17) is 0 Å². The normalized spacial score (nSPS) is 17.5. The zero-order valence-corrected chi connectivity index (χ0v) is 9.57. The molecule has 0 aliphatic carbocycles. The minimum atomic E-state index is 0.448. The second-order valence-electron chi connectivity index (χ2n) is 4.96. The molecule has 0 spiro atoms. The molecule has 0 fully saturated rings. The van der Waals surface area contributed by atoms with Gasteiger partial charge < -0.3 is 5.32 Å². The zero-order valence-electron chi connectivity index (χ0n) is 9.57. The summed E-state index contributed by atoms with van der Waals surface area (Å²) >= 11 is 0. The molecule has 0 rings (SSSR count). The Hall–Kier alpha value is -0.0400. The SMILES string of the molecule is CCNC(C)CC(C)C(C)(C)C. The first kappa shape index (κ1) is 12.0. The Labute approximate surface area is 77.9 Å². The smallest absolute Gasteiger partial charge is 0.00413 e. The van der Waals surface area contributed by atoms with Crippen LogP contribution in [0.15, 0.2) is 0 Å². The number of nitrogens with one attached hydrogen (secondary N) is 1. The fourth-order valence-corrected chi connectivity index (χ4v) is 1.32. The van der Waals surface area contributed by atoms with Crippen molar-refractivity contribution in [2.45, 2.75) is 54.0 Å². The molecule has 2 unspecified atom stereocenters. The number of hydrogen-bond donors (Lipinski definition) is 1. The average Bonchev–Trinajstić information content (AvgIpc) is 1.85. The highest BCUT2D eigenvalue weighted by Crippen LogP contribution is 2.28. The van der Waals surface area contributed by atoms with E-state index in [0.29, 0.717) is 11.5 Å². The summed E-state index contributed by atoms with van der Waals surface area (Å²) < 4.78 is 0. The Kier molecular flexibility index (Phi) is 4.84. The van der Waals surface area contributed by atoms with E-state index in [0.717, 1.165) is 12.5 Å². The molecule has 74 valence electrons. The molecule has 1 N–H and O–H groups in total. The molecule has 0 radical (unpaired) electrons. The van der Waals surface area contributed by atoms with Crippen molar-refractivity contribution in [2.24, 2.45) is 11.3 Å². The molecule has 0 aromatic rings. The summed E-state index contributed by atoms with van der Waals surface area (Å²) in [4.78, 5) is 0. The monoisotopic (exact) mass is 171 g/mol. The van der Waals surface area contributed by atoms with Gasteiger partial charge in [0.2, 0.25) is 0 Å². The summed E-state index contributed by atoms with van der Waals surface area (Å²) in [5, 5.41) is 3.45. The quantitative estimate of drug-likeness (QED) is 0.685. The Balaban J connectivity index is 3.76. The molecule has 12 heavy (non-hydrogen) atoms. The highest BCUT2D eigenvalue weighted by molar-refractivity contribution is 4.74. The lowest BCUT2D eigenvalue weighted by molar-refractivity contribution is 0.227. The number of rotatable bonds is 4. The van der Waals surface area contributed by atoms with Crippen LogP contribution in [0.3, 0.4) is 0 Å². The molecule has 0 saturated carbocycles. The minimum absolute atomic E-state index is 0.448. The van der Waals surface area contributed by atoms with Crippen LogP contribution in [-0.4, -0.2) is 12.6 Å². The van der Waals surface area contributed by atoms with Crippen molar-refractivity contribution in [2.75, 3.05) is 6.54 Å². The van der Waals surface area contributed by atoms with Gasteiger partial charge in [0.25, 0.3) is 0 Å². The highest BCUT2D eigenvalue weighted by Gasteiger charge is 2.21. The van der Waals surface area contributed by atoms with E-state index >= 15 is 0 Å². The third kappa shape index (κ3) is 4.76. The zero-order chi connectivity index (χ0) is 9.78. The van der Waals surface area contributed by atoms with E-state index < -0.39 is 0 Å². The fourth-order valence-electron chi connectivity index (χ4n) is 1.32. The first-order valence-electron chi connectivity index (χ1n) is 5.11. The molecule has 0 amide bonds. The largest absolute Gasteiger partial charge is 0.315 e. The Morgan fingerprint density at radius 2 is 1.67 bits per heavy atom. The van der Waals surface area contributed by atoms with Gasteiger partial charge in [-0.1, -0.05) is 34.6 Å². The van der Waals surface area contributed by atoms with Crippen LogP contribution < -0.4 is 5.32 Å². The van der Waals surface area contributed by atoms with E-state index in [-0.39, 0.29) is 0 Å². The second-order valence-corrected chi connectivity index (χ2v) is 4.96. The molecular weight excluding hydrogens is 146 g/mol. The van der Waals surface area contributed by atoms with Gasteiger partial charge in [-0.15, -0.1) is 0 Å². The third-order valence-electron chi connectivity index (χ3n) is 2.74. The first-order valence-corrected chi connectivity index (χ1v) is 5.11. The van der Waals surface area contributed by atoms with Crippen molar-refractivity contribution < 1.29 is 0 Å². The maximum atomic E-state index is 3.45. The Morgan fingerprint density at radius 3 is 2.00 bits per heavy atom. The molecule has 1 heteroatoms. The van der Waals surface area contributed by atoms with Crippen LogP contribution in [0.4, 0.5) is 0 Å². The van der Waals surface area contributed by atoms with Gasteiger partial charge in [-0.05, 0) is 31.2 Å². The van der Waals surface area contributed by atoms with Crippen molar-refractivity contribution in [1.82, 2.24) is 5.32 Å². The van der Waals surface area contributed by atoms with E-state index in [9.17, 15) is 0 Å². The third-order valence-corrected chi connectivity index (χ3v) is 2.74. The van der Waals surface area contributed by atoms with Crippen molar-refractivity contribution in [1.29, 1.82) is 0 Å². The van der Waals surface area contributed by atoms with Crippen LogP contribution in [0.5, 0.6) is 0 Å². The summed E-state index contributed by atoms with van der Waals surface area (Å²) in [6, 6.07) is 0.657. The summed E-state index contributed by atoms with van der Waals surface area (Å²) in [6.45, 7) is 14.8. The lowest BCUT2D eigenvalue weighted by Crippen LogP contribution is -2.31. The van der Waals surface area contributed by atoms with E-state index in [1.807, 2.05) is 0 Å². The Bertz CT molecular complexity index is 113. The van der Waals surface area contributed by atoms with Crippen LogP contribution >= 0.6 is 0 Å². The van der Waals surface area contributed by atoms with E-state index in [2.05, 4.69) is 46.9 Å². The topological polar surface area (TPSA) is 12.0 Å². The van der Waals surface area contributed by atoms with Crippen molar-refractivity contribution in [3.8, 4) is 0 Å². The summed E-state index contributed by atoms with van der Waals surface area (Å²) in [6.07, 6.45) is 1.28. The maximum Gasteiger partial charge on any atom is 0.00413 e. The van der Waals surface area contributed by atoms with Gasteiger partial charge in [0.15, 0.2) is 0 Å². The van der Waals surface area contributed by atoms with Crippen LogP contribution in [-0.2, 0) is 0 Å². The van der Waals surface area contributed by atoms with Gasteiger partial charge in [-0.3, -0.25) is 0 Å². The van der Waals surface area contributed by atoms with Gasteiger partial charge >= 0.3 is 0 Å². The maximum absolute atomic E-state index is 3.45. The summed E-state index contributed by atoms with van der Waals surface area (Å²) in [7, 11) is 0. The van der Waals surface area contributed by atoms with E-state index in [1.54, 1.807) is 0 Å². The van der Waals surface area contributed by atoms with Gasteiger partial charge in [0, 0.05) is 6.04 Å². The molecule has 0 bridgehead atoms. The molecular formula is C11H25N. The standard InChI is InChI=1S/C11H25N/c1-7-12-10(3)8-9(2)11(4,5)6/h9-10,12H,7-8H2,1-6H3. The van der Waals surface area contributed by atoms with Crippen molar-refractivity contribution >= 4 is 0 Å². The first-order chi connectivity index (χ1) is 5.38. The lowest BCUT2D eigenvalue weighted by Gasteiger charge is -2.29. The van der Waals surface area contributed by atoms with Gasteiger partial charge in [0.05, 0.1) is 0 Å². The number of hydrogen-bond acceptors (Lipinski definition) is 1. The van der Waals surface area contributed by atoms with Gasteiger partial charge in [-0.2, -0.15) is 0 Å². The van der Waals surface area contributed by atoms with Crippen LogP contribution in [0.25, 0.3) is 0 Å². The summed E-state index contributed by atoms with van der Waals surface area (Å²) in [5.74, 6) is 0.784. The van der Waals surface area contributed by atoms with Crippen LogP contribution in [0, 0.1) is 11.3 Å². The van der Waals surface area contributed by atoms with E-state index in [1.165, 1.54) is 6.42 Å². The van der Waals surface area contributed by atoms with Crippen LogP contribution in [0.2, 0.25) is 0 Å². The molecule has 0 aliphatic heterocycles. The van der Waals surface area contributed by atoms with Crippen LogP contribution in [0.1, 0.15) is 48.0 Å². The lowest BCUT2D eigenvalue weighted by atomic mass is 9.79. The molecule has 0 aromatic heterocycles. The molecule has 0 saturated heterocycles. The van der Waals surface area contributed by atoms with Gasteiger partial charge in [0.1, 0.15) is 0 Å². The van der Waals surface area contributed by atoms with Crippen molar-refractivity contribution in [3.63, 3.8) is 0 Å². The van der Waals surface area contributed by atoms with Gasteiger partial charge in [-0.25, -0.2) is 0 Å². The molecule has 0 aliphatic rings. The molecule has 2 atom stereocenters. The molecule has 0 heterocycles. The molecule has 1 nitrogen and oxygen atoms in total. The summed E-state index contributed by atoms with van der Waals surface area (Å²) in [5.41, 5.74) is 0.448. The predicted molar refractivity (Wildman–Crippen MR) is 56.4 cm³/mol. The average molecular weight is 171 g/mol. The second kappa shape index (κ2) is 4.86. The van der Waals surface area contributed by atoms with Crippen molar-refractivity contribution in [3.05, 3.63) is 0 Å². The fraction of sp³-hybridized carbons (Fsp3) is 1.00.